The van der Waals surface area contributed by atoms with Gasteiger partial charge >= 0.3 is 6.18 Å². The molecule has 3 rings (SSSR count). The number of halogens is 3. The summed E-state index contributed by atoms with van der Waals surface area (Å²) in [6, 6.07) is 7.04. The van der Waals surface area contributed by atoms with Gasteiger partial charge in [0.1, 0.15) is 10.3 Å². The Balaban J connectivity index is 1.70. The van der Waals surface area contributed by atoms with Crippen LogP contribution in [0.1, 0.15) is 28.8 Å². The number of nitrogens with zero attached hydrogens (tertiary/aromatic N) is 1. The van der Waals surface area contributed by atoms with Gasteiger partial charge in [0.25, 0.3) is 10.0 Å². The minimum Gasteiger partial charge on any atom is -0.351 e. The smallest absolute Gasteiger partial charge is 0.351 e. The van der Waals surface area contributed by atoms with Crippen LogP contribution in [0.3, 0.4) is 0 Å². The number of amides is 1. The van der Waals surface area contributed by atoms with Crippen LogP contribution >= 0.6 is 11.3 Å². The first-order chi connectivity index (χ1) is 13.1. The van der Waals surface area contributed by atoms with Gasteiger partial charge in [0.15, 0.2) is 0 Å². The average Bonchev–Trinajstić information content (AvgIpc) is 3.29. The second-order valence-corrected chi connectivity index (χ2v) is 9.96. The molecule has 2 aromatic rings. The molecule has 1 amide bonds. The van der Waals surface area contributed by atoms with Gasteiger partial charge < -0.3 is 5.32 Å². The van der Waals surface area contributed by atoms with Gasteiger partial charge in [0, 0.05) is 18.0 Å². The summed E-state index contributed by atoms with van der Waals surface area (Å²) in [5.41, 5.74) is -0.498. The second kappa shape index (κ2) is 7.84. The molecule has 5 nitrogen and oxygen atoms in total. The number of alkyl halides is 3. The summed E-state index contributed by atoms with van der Waals surface area (Å²) >= 11 is 1.14. The first-order valence-electron chi connectivity index (χ1n) is 8.61. The van der Waals surface area contributed by atoms with E-state index in [9.17, 15) is 26.4 Å². The zero-order valence-electron chi connectivity index (χ0n) is 15.0. The monoisotopic (exact) mass is 432 g/mol. The zero-order chi connectivity index (χ0) is 20.5. The standard InChI is InChI=1S/C18H19F3N2O3S2/c1-12-7-8-16(27-12)28(25,26)23-9-3-6-15(23)17(24)22-11-13-4-2-5-14(10-13)18(19,20)21/h2,4-5,7-8,10,15H,3,6,9,11H2,1H3,(H,22,24). The largest absolute Gasteiger partial charge is 0.416 e. The van der Waals surface area contributed by atoms with Crippen molar-refractivity contribution in [1.82, 2.24) is 9.62 Å². The number of carbonyl (C=O) groups excluding carboxylic acids is 1. The number of rotatable bonds is 5. The maximum Gasteiger partial charge on any atom is 0.416 e. The molecule has 1 saturated heterocycles. The highest BCUT2D eigenvalue weighted by atomic mass is 32.2. The van der Waals surface area contributed by atoms with Gasteiger partial charge in [0.2, 0.25) is 5.91 Å². The topological polar surface area (TPSA) is 66.5 Å². The van der Waals surface area contributed by atoms with Crippen LogP contribution in [0.2, 0.25) is 0 Å². The summed E-state index contributed by atoms with van der Waals surface area (Å²) in [5.74, 6) is -0.508. The van der Waals surface area contributed by atoms with Crippen LogP contribution in [-0.4, -0.2) is 31.2 Å². The fourth-order valence-electron chi connectivity index (χ4n) is 3.12. The maximum absolute atomic E-state index is 12.8. The molecular formula is C18H19F3N2O3S2. The van der Waals surface area contributed by atoms with Gasteiger partial charge in [-0.3, -0.25) is 4.79 Å². The summed E-state index contributed by atoms with van der Waals surface area (Å²) in [6.07, 6.45) is -3.54. The molecule has 0 radical (unpaired) electrons. The van der Waals surface area contributed by atoms with E-state index in [4.69, 9.17) is 0 Å². The number of benzene rings is 1. The van der Waals surface area contributed by atoms with E-state index in [1.165, 1.54) is 22.5 Å². The predicted octanol–water partition coefficient (Wildman–Crippen LogP) is 3.54. The van der Waals surface area contributed by atoms with Crippen molar-refractivity contribution in [3.63, 3.8) is 0 Å². The molecule has 0 bridgehead atoms. The van der Waals surface area contributed by atoms with E-state index in [0.717, 1.165) is 28.3 Å². The molecule has 10 heteroatoms. The van der Waals surface area contributed by atoms with Crippen LogP contribution in [0.5, 0.6) is 0 Å². The summed E-state index contributed by atoms with van der Waals surface area (Å²) in [5, 5.41) is 2.57. The molecule has 1 aromatic carbocycles. The van der Waals surface area contributed by atoms with Crippen molar-refractivity contribution >= 4 is 27.3 Å². The van der Waals surface area contributed by atoms with E-state index in [2.05, 4.69) is 5.32 Å². The van der Waals surface area contributed by atoms with Gasteiger partial charge in [-0.05, 0) is 49.6 Å². The highest BCUT2D eigenvalue weighted by molar-refractivity contribution is 7.91. The lowest BCUT2D eigenvalue weighted by Crippen LogP contribution is -2.45. The molecule has 1 aromatic heterocycles. The third-order valence-electron chi connectivity index (χ3n) is 4.51. The van der Waals surface area contributed by atoms with E-state index >= 15 is 0 Å². The minimum absolute atomic E-state index is 0.106. The Kier molecular flexibility index (Phi) is 5.83. The average molecular weight is 432 g/mol. The van der Waals surface area contributed by atoms with Crippen LogP contribution in [0.4, 0.5) is 13.2 Å². The van der Waals surface area contributed by atoms with Gasteiger partial charge in [-0.15, -0.1) is 11.3 Å². The number of thiophene rings is 1. The Morgan fingerprint density at radius 3 is 2.68 bits per heavy atom. The molecule has 1 unspecified atom stereocenters. The van der Waals surface area contributed by atoms with Crippen LogP contribution in [0, 0.1) is 6.92 Å². The Labute approximate surface area is 165 Å². The molecule has 28 heavy (non-hydrogen) atoms. The highest BCUT2D eigenvalue weighted by Gasteiger charge is 2.40. The third-order valence-corrected chi connectivity index (χ3v) is 7.88. The molecular weight excluding hydrogens is 413 g/mol. The molecule has 1 atom stereocenters. The zero-order valence-corrected chi connectivity index (χ0v) is 16.6. The first-order valence-corrected chi connectivity index (χ1v) is 10.9. The summed E-state index contributed by atoms with van der Waals surface area (Å²) in [7, 11) is -3.78. The van der Waals surface area contributed by atoms with E-state index in [0.29, 0.717) is 18.4 Å². The minimum atomic E-state index is -4.46. The van der Waals surface area contributed by atoms with Gasteiger partial charge in [-0.2, -0.15) is 17.5 Å². The molecule has 152 valence electrons. The fourth-order valence-corrected chi connectivity index (χ4v) is 6.19. The Hall–Kier alpha value is -1.91. The number of nitrogens with one attached hydrogen (secondary N) is 1. The SMILES string of the molecule is Cc1ccc(S(=O)(=O)N2CCCC2C(=O)NCc2cccc(C(F)(F)F)c2)s1. The summed E-state index contributed by atoms with van der Waals surface area (Å²) in [4.78, 5) is 13.4. The van der Waals surface area contributed by atoms with E-state index in [1.54, 1.807) is 13.0 Å². The third kappa shape index (κ3) is 4.39. The van der Waals surface area contributed by atoms with Crippen LogP contribution in [0.15, 0.2) is 40.6 Å². The number of hydrogen-bond donors (Lipinski definition) is 1. The lowest BCUT2D eigenvalue weighted by molar-refractivity contribution is -0.137. The molecule has 0 saturated carbocycles. The predicted molar refractivity (Wildman–Crippen MR) is 99.3 cm³/mol. The highest BCUT2D eigenvalue weighted by Crippen LogP contribution is 2.31. The van der Waals surface area contributed by atoms with Crippen molar-refractivity contribution in [2.24, 2.45) is 0 Å². The van der Waals surface area contributed by atoms with Crippen LogP contribution < -0.4 is 5.32 Å². The van der Waals surface area contributed by atoms with Gasteiger partial charge in [-0.25, -0.2) is 8.42 Å². The van der Waals surface area contributed by atoms with Crippen LogP contribution in [-0.2, 0) is 27.5 Å². The first kappa shape index (κ1) is 20.8. The molecule has 1 aliphatic heterocycles. The number of hydrogen-bond acceptors (Lipinski definition) is 4. The second-order valence-electron chi connectivity index (χ2n) is 6.55. The van der Waals surface area contributed by atoms with Crippen molar-refractivity contribution in [2.75, 3.05) is 6.54 Å². The molecule has 2 heterocycles. The number of carbonyl (C=O) groups is 1. The Morgan fingerprint density at radius 2 is 2.04 bits per heavy atom. The number of sulfonamides is 1. The van der Waals surface area contributed by atoms with Crippen molar-refractivity contribution in [2.45, 2.75) is 42.7 Å². The van der Waals surface area contributed by atoms with E-state index in [1.807, 2.05) is 0 Å². The maximum atomic E-state index is 12.8. The summed E-state index contributed by atoms with van der Waals surface area (Å²) < 4.78 is 65.4. The molecule has 1 aliphatic rings. The molecule has 1 N–H and O–H groups in total. The molecule has 1 fully saturated rings. The van der Waals surface area contributed by atoms with Gasteiger partial charge in [0.05, 0.1) is 5.56 Å². The van der Waals surface area contributed by atoms with E-state index < -0.39 is 33.7 Å². The van der Waals surface area contributed by atoms with Crippen molar-refractivity contribution in [3.05, 3.63) is 52.4 Å². The lowest BCUT2D eigenvalue weighted by Gasteiger charge is -2.22. The molecule has 0 spiro atoms. The fraction of sp³-hybridized carbons (Fsp3) is 0.389. The Bertz CT molecular complexity index is 970. The Morgan fingerprint density at radius 1 is 1.29 bits per heavy atom. The molecule has 0 aliphatic carbocycles. The normalized spacial score (nSPS) is 18.4. The van der Waals surface area contributed by atoms with E-state index in [-0.39, 0.29) is 17.3 Å². The van der Waals surface area contributed by atoms with Gasteiger partial charge in [-0.1, -0.05) is 12.1 Å². The number of aryl methyl sites for hydroxylation is 1. The van der Waals surface area contributed by atoms with Crippen molar-refractivity contribution < 1.29 is 26.4 Å². The van der Waals surface area contributed by atoms with Crippen molar-refractivity contribution in [3.8, 4) is 0 Å². The van der Waals surface area contributed by atoms with Crippen LogP contribution in [0.25, 0.3) is 0 Å². The quantitative estimate of drug-likeness (QED) is 0.786. The summed E-state index contributed by atoms with van der Waals surface area (Å²) in [6.45, 7) is 1.93. The lowest BCUT2D eigenvalue weighted by atomic mass is 10.1. The van der Waals surface area contributed by atoms with Crippen molar-refractivity contribution in [1.29, 1.82) is 0 Å².